The molecule has 41 heavy (non-hydrogen) atoms. The van der Waals surface area contributed by atoms with Gasteiger partial charge in [-0.25, -0.2) is 8.42 Å². The maximum absolute atomic E-state index is 14.1. The van der Waals surface area contributed by atoms with Crippen LogP contribution >= 0.6 is 0 Å². The van der Waals surface area contributed by atoms with E-state index in [1.807, 2.05) is 58.0 Å². The van der Waals surface area contributed by atoms with Crippen molar-refractivity contribution < 1.29 is 22.7 Å². The van der Waals surface area contributed by atoms with Gasteiger partial charge in [-0.1, -0.05) is 66.9 Å². The smallest absolute Gasteiger partial charge is 0.264 e. The summed E-state index contributed by atoms with van der Waals surface area (Å²) in [5, 5.41) is 2.90. The van der Waals surface area contributed by atoms with Crippen molar-refractivity contribution in [3.8, 4) is 5.75 Å². The van der Waals surface area contributed by atoms with Crippen molar-refractivity contribution in [2.45, 2.75) is 64.9 Å². The lowest BCUT2D eigenvalue weighted by molar-refractivity contribution is -0.139. The predicted octanol–water partition coefficient (Wildman–Crippen LogP) is 5.15. The molecule has 0 aliphatic rings. The van der Waals surface area contributed by atoms with E-state index in [2.05, 4.69) is 5.32 Å². The number of nitrogens with one attached hydrogen (secondary N) is 1. The normalized spacial score (nSPS) is 12.0. The second-order valence-corrected chi connectivity index (χ2v) is 12.2. The highest BCUT2D eigenvalue weighted by Gasteiger charge is 2.33. The van der Waals surface area contributed by atoms with Crippen molar-refractivity contribution in [1.82, 2.24) is 10.2 Å². The maximum Gasteiger partial charge on any atom is 0.264 e. The molecule has 0 bridgehead atoms. The first-order valence-electron chi connectivity index (χ1n) is 13.8. The van der Waals surface area contributed by atoms with E-state index in [-0.39, 0.29) is 23.0 Å². The van der Waals surface area contributed by atoms with Crippen LogP contribution in [-0.2, 0) is 26.2 Å². The summed E-state index contributed by atoms with van der Waals surface area (Å²) >= 11 is 0. The number of carbonyl (C=O) groups excluding carboxylic acids is 2. The molecule has 0 aliphatic heterocycles. The molecule has 3 aromatic carbocycles. The van der Waals surface area contributed by atoms with Crippen molar-refractivity contribution in [2.24, 2.45) is 0 Å². The summed E-state index contributed by atoms with van der Waals surface area (Å²) in [5.41, 5.74) is 3.86. The molecule has 0 heterocycles. The first-order valence-corrected chi connectivity index (χ1v) is 15.3. The largest absolute Gasteiger partial charge is 0.495 e. The third kappa shape index (κ3) is 8.10. The fourth-order valence-electron chi connectivity index (χ4n) is 4.35. The van der Waals surface area contributed by atoms with Crippen molar-refractivity contribution in [3.63, 3.8) is 0 Å². The molecule has 0 spiro atoms. The molecule has 3 aromatic rings. The quantitative estimate of drug-likeness (QED) is 0.283. The summed E-state index contributed by atoms with van der Waals surface area (Å²) in [7, 11) is -2.73. The highest BCUT2D eigenvalue weighted by atomic mass is 32.2. The van der Waals surface area contributed by atoms with E-state index in [0.29, 0.717) is 12.3 Å². The van der Waals surface area contributed by atoms with Gasteiger partial charge < -0.3 is 15.0 Å². The molecular weight excluding hydrogens is 538 g/mol. The standard InChI is InChI=1S/C32H41N3O5S/c1-7-8-19-33-32(37)26(5)34(21-27-14-9-23(2)10-15-27)31(36)22-35(29-20-25(4)13-18-30(29)40-6)41(38,39)28-16-11-24(3)12-17-28/h9-18,20,26H,7-8,19,21-22H2,1-6H3,(H,33,37). The Balaban J connectivity index is 2.06. The number of ether oxygens (including phenoxy) is 1. The molecule has 0 saturated heterocycles. The number of rotatable bonds is 13. The molecule has 2 amide bonds. The fourth-order valence-corrected chi connectivity index (χ4v) is 5.77. The molecule has 0 radical (unpaired) electrons. The summed E-state index contributed by atoms with van der Waals surface area (Å²) in [4.78, 5) is 28.7. The second-order valence-electron chi connectivity index (χ2n) is 10.3. The summed E-state index contributed by atoms with van der Waals surface area (Å²) in [5.74, 6) is -0.488. The molecule has 0 saturated carbocycles. The van der Waals surface area contributed by atoms with E-state index < -0.39 is 28.5 Å². The number of methoxy groups -OCH3 is 1. The number of hydrogen-bond acceptors (Lipinski definition) is 5. The molecule has 0 aromatic heterocycles. The molecular formula is C32H41N3O5S. The third-order valence-corrected chi connectivity index (χ3v) is 8.74. The van der Waals surface area contributed by atoms with Crippen LogP contribution in [0.5, 0.6) is 5.75 Å². The van der Waals surface area contributed by atoms with Gasteiger partial charge in [0, 0.05) is 13.1 Å². The molecule has 1 N–H and O–H groups in total. The molecule has 3 rings (SSSR count). The minimum Gasteiger partial charge on any atom is -0.495 e. The number of aryl methyl sites for hydroxylation is 3. The number of carbonyl (C=O) groups is 2. The van der Waals surface area contributed by atoms with Crippen LogP contribution in [0.15, 0.2) is 71.6 Å². The molecule has 9 heteroatoms. The van der Waals surface area contributed by atoms with Gasteiger partial charge in [-0.05, 0) is 69.5 Å². The second kappa shape index (κ2) is 14.2. The van der Waals surface area contributed by atoms with Gasteiger partial charge >= 0.3 is 0 Å². The van der Waals surface area contributed by atoms with E-state index in [1.165, 1.54) is 24.1 Å². The van der Waals surface area contributed by atoms with Crippen LogP contribution in [0, 0.1) is 20.8 Å². The molecule has 220 valence electrons. The van der Waals surface area contributed by atoms with Crippen LogP contribution in [0.1, 0.15) is 48.9 Å². The zero-order valence-electron chi connectivity index (χ0n) is 24.8. The number of benzene rings is 3. The monoisotopic (exact) mass is 579 g/mol. The minimum absolute atomic E-state index is 0.0508. The van der Waals surface area contributed by atoms with E-state index in [0.717, 1.165) is 39.4 Å². The number of sulfonamides is 1. The third-order valence-electron chi connectivity index (χ3n) is 6.96. The molecule has 0 fully saturated rings. The maximum atomic E-state index is 14.1. The van der Waals surface area contributed by atoms with Crippen molar-refractivity contribution >= 4 is 27.5 Å². The highest BCUT2D eigenvalue weighted by molar-refractivity contribution is 7.92. The Morgan fingerprint density at radius 2 is 1.49 bits per heavy atom. The van der Waals surface area contributed by atoms with Crippen LogP contribution < -0.4 is 14.4 Å². The molecule has 1 unspecified atom stereocenters. The minimum atomic E-state index is -4.19. The number of hydrogen-bond donors (Lipinski definition) is 1. The van der Waals surface area contributed by atoms with Gasteiger partial charge in [0.1, 0.15) is 18.3 Å². The Labute approximate surface area is 244 Å². The average molecular weight is 580 g/mol. The van der Waals surface area contributed by atoms with E-state index in [4.69, 9.17) is 4.74 Å². The van der Waals surface area contributed by atoms with Crippen molar-refractivity contribution in [1.29, 1.82) is 0 Å². The predicted molar refractivity (Wildman–Crippen MR) is 163 cm³/mol. The lowest BCUT2D eigenvalue weighted by Crippen LogP contribution is -2.51. The van der Waals surface area contributed by atoms with Crippen LogP contribution in [0.3, 0.4) is 0 Å². The number of nitrogens with zero attached hydrogens (tertiary/aromatic N) is 2. The van der Waals surface area contributed by atoms with Gasteiger partial charge in [-0.3, -0.25) is 13.9 Å². The Bertz CT molecular complexity index is 1440. The van der Waals surface area contributed by atoms with Crippen LogP contribution in [0.25, 0.3) is 0 Å². The zero-order valence-corrected chi connectivity index (χ0v) is 25.6. The van der Waals surface area contributed by atoms with E-state index in [9.17, 15) is 18.0 Å². The van der Waals surface area contributed by atoms with Gasteiger partial charge in [0.15, 0.2) is 0 Å². The molecule has 8 nitrogen and oxygen atoms in total. The van der Waals surface area contributed by atoms with Crippen LogP contribution in [0.4, 0.5) is 5.69 Å². The van der Waals surface area contributed by atoms with Crippen LogP contribution in [-0.4, -0.2) is 51.4 Å². The lowest BCUT2D eigenvalue weighted by atomic mass is 10.1. The number of unbranched alkanes of at least 4 members (excludes halogenated alkanes) is 1. The summed E-state index contributed by atoms with van der Waals surface area (Å²) in [6.07, 6.45) is 1.74. The Morgan fingerprint density at radius 1 is 0.902 bits per heavy atom. The van der Waals surface area contributed by atoms with Crippen molar-refractivity contribution in [2.75, 3.05) is 24.5 Å². The SMILES string of the molecule is CCCCNC(=O)C(C)N(Cc1ccc(C)cc1)C(=O)CN(c1cc(C)ccc1OC)S(=O)(=O)c1ccc(C)cc1. The summed E-state index contributed by atoms with van der Waals surface area (Å²) < 4.78 is 34.8. The molecule has 0 aliphatic carbocycles. The Morgan fingerprint density at radius 3 is 2.07 bits per heavy atom. The van der Waals surface area contributed by atoms with E-state index in [1.54, 1.807) is 31.2 Å². The van der Waals surface area contributed by atoms with Gasteiger partial charge in [0.25, 0.3) is 10.0 Å². The summed E-state index contributed by atoms with van der Waals surface area (Å²) in [6, 6.07) is 18.5. The number of amides is 2. The van der Waals surface area contributed by atoms with E-state index >= 15 is 0 Å². The molecule has 1 atom stereocenters. The van der Waals surface area contributed by atoms with Crippen LogP contribution in [0.2, 0.25) is 0 Å². The fraction of sp³-hybridized carbons (Fsp3) is 0.375. The summed E-state index contributed by atoms with van der Waals surface area (Å²) in [6.45, 7) is 9.51. The first kappa shape index (κ1) is 31.7. The first-order chi connectivity index (χ1) is 19.5. The zero-order chi connectivity index (χ0) is 30.2. The lowest BCUT2D eigenvalue weighted by Gasteiger charge is -2.32. The Kier molecular flexibility index (Phi) is 10.9. The van der Waals surface area contributed by atoms with Gasteiger partial charge in [-0.15, -0.1) is 0 Å². The number of anilines is 1. The Hall–Kier alpha value is -3.85. The van der Waals surface area contributed by atoms with Gasteiger partial charge in [0.05, 0.1) is 17.7 Å². The van der Waals surface area contributed by atoms with Gasteiger partial charge in [0.2, 0.25) is 11.8 Å². The highest BCUT2D eigenvalue weighted by Crippen LogP contribution is 2.34. The van der Waals surface area contributed by atoms with Gasteiger partial charge in [-0.2, -0.15) is 0 Å². The average Bonchev–Trinajstić information content (AvgIpc) is 2.95. The topological polar surface area (TPSA) is 96.0 Å². The van der Waals surface area contributed by atoms with Crippen molar-refractivity contribution in [3.05, 3.63) is 89.0 Å².